The first-order valence-corrected chi connectivity index (χ1v) is 9.05. The van der Waals surface area contributed by atoms with Gasteiger partial charge in [0.1, 0.15) is 11.8 Å². The first kappa shape index (κ1) is 19.6. The molecule has 0 saturated heterocycles. The molecule has 6 heteroatoms. The Balaban J connectivity index is 1.96. The van der Waals surface area contributed by atoms with Crippen molar-refractivity contribution in [3.8, 4) is 5.75 Å². The van der Waals surface area contributed by atoms with E-state index in [1.807, 2.05) is 54.6 Å². The summed E-state index contributed by atoms with van der Waals surface area (Å²) < 4.78 is 10.2. The molecule has 2 N–H and O–H groups in total. The molecule has 2 aromatic carbocycles. The smallest absolute Gasteiger partial charge is 0.314 e. The fourth-order valence-electron chi connectivity index (χ4n) is 3.37. The van der Waals surface area contributed by atoms with Crippen LogP contribution in [0.15, 0.2) is 60.7 Å². The number of hydrogen-bond acceptors (Lipinski definition) is 5. The number of nitrogens with zero attached hydrogens (tertiary/aromatic N) is 1. The number of ether oxygens (including phenoxy) is 2. The molecular formula is C22H24N2O4. The van der Waals surface area contributed by atoms with Crippen LogP contribution in [0.4, 0.5) is 0 Å². The molecule has 1 aliphatic heterocycles. The van der Waals surface area contributed by atoms with E-state index >= 15 is 0 Å². The van der Waals surface area contributed by atoms with Gasteiger partial charge in [0.2, 0.25) is 5.91 Å². The number of carbonyl (C=O) groups excluding carboxylic acids is 2. The van der Waals surface area contributed by atoms with Gasteiger partial charge in [0.05, 0.1) is 20.1 Å². The molecule has 1 unspecified atom stereocenters. The van der Waals surface area contributed by atoms with Gasteiger partial charge in [-0.25, -0.2) is 0 Å². The molecule has 0 radical (unpaired) electrons. The molecule has 2 atom stereocenters. The summed E-state index contributed by atoms with van der Waals surface area (Å²) >= 11 is 0. The SMILES string of the molecule is COC(=O)C1CN(Cc2ccccc2)C(=O)[C@H](N)C=C1c1ccc(OC)cc1. The third-order valence-electron chi connectivity index (χ3n) is 4.86. The van der Waals surface area contributed by atoms with Gasteiger partial charge in [-0.1, -0.05) is 48.5 Å². The van der Waals surface area contributed by atoms with Crippen LogP contribution in [0.5, 0.6) is 5.75 Å². The maximum atomic E-state index is 12.9. The maximum Gasteiger partial charge on any atom is 0.314 e. The lowest BCUT2D eigenvalue weighted by Gasteiger charge is -2.26. The van der Waals surface area contributed by atoms with E-state index in [0.29, 0.717) is 17.9 Å². The number of methoxy groups -OCH3 is 2. The van der Waals surface area contributed by atoms with Gasteiger partial charge >= 0.3 is 5.97 Å². The second-order valence-corrected chi connectivity index (χ2v) is 6.66. The lowest BCUT2D eigenvalue weighted by molar-refractivity contribution is -0.144. The topological polar surface area (TPSA) is 81.9 Å². The molecule has 2 aromatic rings. The Bertz CT molecular complexity index is 862. The van der Waals surface area contributed by atoms with Gasteiger partial charge in [0, 0.05) is 13.1 Å². The summed E-state index contributed by atoms with van der Waals surface area (Å²) in [6.45, 7) is 0.580. The Morgan fingerprint density at radius 1 is 1.11 bits per heavy atom. The molecule has 1 aliphatic rings. The minimum atomic E-state index is -0.838. The number of esters is 1. The number of rotatable bonds is 5. The number of benzene rings is 2. The van der Waals surface area contributed by atoms with Crippen molar-refractivity contribution in [3.63, 3.8) is 0 Å². The average Bonchev–Trinajstić information content (AvgIpc) is 2.86. The Morgan fingerprint density at radius 2 is 1.79 bits per heavy atom. The average molecular weight is 380 g/mol. The van der Waals surface area contributed by atoms with Gasteiger partial charge in [0.15, 0.2) is 0 Å². The molecule has 0 saturated carbocycles. The van der Waals surface area contributed by atoms with E-state index in [4.69, 9.17) is 15.2 Å². The Hall–Kier alpha value is -3.12. The fraction of sp³-hybridized carbons (Fsp3) is 0.273. The molecule has 0 aliphatic carbocycles. The highest BCUT2D eigenvalue weighted by Crippen LogP contribution is 2.30. The molecule has 0 aromatic heterocycles. The van der Waals surface area contributed by atoms with E-state index in [2.05, 4.69) is 0 Å². The van der Waals surface area contributed by atoms with Gasteiger partial charge in [-0.15, -0.1) is 0 Å². The van der Waals surface area contributed by atoms with Crippen LogP contribution in [0.2, 0.25) is 0 Å². The van der Waals surface area contributed by atoms with Crippen molar-refractivity contribution in [2.75, 3.05) is 20.8 Å². The number of amides is 1. The largest absolute Gasteiger partial charge is 0.497 e. The standard InChI is InChI=1S/C22H24N2O4/c1-27-17-10-8-16(9-11-17)18-12-20(23)21(25)24(14-19(18)22(26)28-2)13-15-6-4-3-5-7-15/h3-12,19-20H,13-14,23H2,1-2H3/t19?,20-/m1/s1. The quantitative estimate of drug-likeness (QED) is 0.805. The summed E-state index contributed by atoms with van der Waals surface area (Å²) in [4.78, 5) is 27.1. The first-order chi connectivity index (χ1) is 13.5. The molecule has 28 heavy (non-hydrogen) atoms. The van der Waals surface area contributed by atoms with Gasteiger partial charge in [-0.3, -0.25) is 9.59 Å². The van der Waals surface area contributed by atoms with Crippen LogP contribution in [0.1, 0.15) is 11.1 Å². The van der Waals surface area contributed by atoms with E-state index in [1.54, 1.807) is 18.1 Å². The zero-order valence-electron chi connectivity index (χ0n) is 16.0. The summed E-state index contributed by atoms with van der Waals surface area (Å²) in [5.74, 6) is -0.540. The molecule has 3 rings (SSSR count). The second kappa shape index (κ2) is 8.71. The summed E-state index contributed by atoms with van der Waals surface area (Å²) in [7, 11) is 2.94. The van der Waals surface area contributed by atoms with Crippen molar-refractivity contribution >= 4 is 17.4 Å². The van der Waals surface area contributed by atoms with E-state index in [9.17, 15) is 9.59 Å². The lowest BCUT2D eigenvalue weighted by Crippen LogP contribution is -2.43. The van der Waals surface area contributed by atoms with Crippen LogP contribution >= 0.6 is 0 Å². The maximum absolute atomic E-state index is 12.9. The van der Waals surface area contributed by atoms with Crippen molar-refractivity contribution in [1.29, 1.82) is 0 Å². The summed E-state index contributed by atoms with van der Waals surface area (Å²) in [5, 5.41) is 0. The van der Waals surface area contributed by atoms with Crippen LogP contribution in [0, 0.1) is 5.92 Å². The van der Waals surface area contributed by atoms with Crippen molar-refractivity contribution in [2.45, 2.75) is 12.6 Å². The van der Waals surface area contributed by atoms with Crippen molar-refractivity contribution in [3.05, 3.63) is 71.8 Å². The minimum absolute atomic E-state index is 0.200. The highest BCUT2D eigenvalue weighted by Gasteiger charge is 2.34. The van der Waals surface area contributed by atoms with Crippen molar-refractivity contribution in [2.24, 2.45) is 11.7 Å². The monoisotopic (exact) mass is 380 g/mol. The summed E-state index contributed by atoms with van der Waals surface area (Å²) in [5.41, 5.74) is 8.63. The third-order valence-corrected chi connectivity index (χ3v) is 4.86. The van der Waals surface area contributed by atoms with Crippen LogP contribution < -0.4 is 10.5 Å². The number of carbonyl (C=O) groups is 2. The molecule has 0 bridgehead atoms. The predicted octanol–water partition coefficient (Wildman–Crippen LogP) is 2.24. The molecule has 6 nitrogen and oxygen atoms in total. The molecular weight excluding hydrogens is 356 g/mol. The van der Waals surface area contributed by atoms with Crippen LogP contribution in [-0.2, 0) is 20.9 Å². The van der Waals surface area contributed by atoms with Crippen LogP contribution in [0.25, 0.3) is 5.57 Å². The molecule has 1 amide bonds. The van der Waals surface area contributed by atoms with Crippen molar-refractivity contribution < 1.29 is 19.1 Å². The fourth-order valence-corrected chi connectivity index (χ4v) is 3.37. The van der Waals surface area contributed by atoms with Gasteiger partial charge in [-0.05, 0) is 28.8 Å². The molecule has 0 spiro atoms. The minimum Gasteiger partial charge on any atom is -0.497 e. The summed E-state index contributed by atoms with van der Waals surface area (Å²) in [6.07, 6.45) is 1.66. The molecule has 1 heterocycles. The zero-order valence-corrected chi connectivity index (χ0v) is 16.0. The van der Waals surface area contributed by atoms with Gasteiger partial charge in [0.25, 0.3) is 0 Å². The zero-order chi connectivity index (χ0) is 20.1. The van der Waals surface area contributed by atoms with Crippen molar-refractivity contribution in [1.82, 2.24) is 4.90 Å². The van der Waals surface area contributed by atoms with E-state index in [1.165, 1.54) is 7.11 Å². The Morgan fingerprint density at radius 3 is 2.39 bits per heavy atom. The number of nitrogens with two attached hydrogens (primary N) is 1. The van der Waals surface area contributed by atoms with Crippen LogP contribution in [-0.4, -0.2) is 43.6 Å². The van der Waals surface area contributed by atoms with E-state index in [0.717, 1.165) is 11.1 Å². The first-order valence-electron chi connectivity index (χ1n) is 9.05. The highest BCUT2D eigenvalue weighted by molar-refractivity contribution is 5.94. The molecule has 146 valence electrons. The van der Waals surface area contributed by atoms with Crippen LogP contribution in [0.3, 0.4) is 0 Å². The highest BCUT2D eigenvalue weighted by atomic mass is 16.5. The normalized spacial score (nSPS) is 19.6. The second-order valence-electron chi connectivity index (χ2n) is 6.66. The Kier molecular flexibility index (Phi) is 6.11. The Labute approximate surface area is 164 Å². The van der Waals surface area contributed by atoms with E-state index in [-0.39, 0.29) is 12.5 Å². The van der Waals surface area contributed by atoms with Gasteiger partial charge in [-0.2, -0.15) is 0 Å². The van der Waals surface area contributed by atoms with Gasteiger partial charge < -0.3 is 20.1 Å². The third kappa shape index (κ3) is 4.23. The lowest BCUT2D eigenvalue weighted by atomic mass is 9.91. The van der Waals surface area contributed by atoms with E-state index < -0.39 is 17.9 Å². The number of hydrogen-bond donors (Lipinski definition) is 1. The molecule has 0 fully saturated rings. The summed E-state index contributed by atoms with van der Waals surface area (Å²) in [6, 6.07) is 16.1. The predicted molar refractivity (Wildman–Crippen MR) is 106 cm³/mol.